The Morgan fingerprint density at radius 1 is 1.23 bits per heavy atom. The zero-order valence-corrected chi connectivity index (χ0v) is 17.7. The molecule has 0 aliphatic heterocycles. The van der Waals surface area contributed by atoms with Crippen molar-refractivity contribution in [1.29, 1.82) is 0 Å². The molecule has 3 rings (SSSR count). The summed E-state index contributed by atoms with van der Waals surface area (Å²) in [6.07, 6.45) is 3.11. The van der Waals surface area contributed by atoms with Gasteiger partial charge in [-0.2, -0.15) is 10.2 Å². The van der Waals surface area contributed by atoms with Crippen LogP contribution in [0.25, 0.3) is 0 Å². The van der Waals surface area contributed by atoms with Crippen LogP contribution in [0, 0.1) is 6.92 Å². The summed E-state index contributed by atoms with van der Waals surface area (Å²) >= 11 is 15.4. The van der Waals surface area contributed by atoms with Gasteiger partial charge in [0.25, 0.3) is 10.0 Å². The summed E-state index contributed by atoms with van der Waals surface area (Å²) in [7, 11) is -2.14. The molecule has 1 N–H and O–H groups in total. The zero-order chi connectivity index (χ0) is 19.1. The van der Waals surface area contributed by atoms with Crippen LogP contribution < -0.4 is 4.72 Å². The average molecular weight is 479 g/mol. The van der Waals surface area contributed by atoms with E-state index >= 15 is 0 Å². The molecule has 7 nitrogen and oxygen atoms in total. The van der Waals surface area contributed by atoms with Gasteiger partial charge in [0.1, 0.15) is 4.90 Å². The standard InChI is InChI=1S/C15H14BrCl2N5O2S/c1-9-14(8-22(2)19-9)26(24,25)21-15-12(16)7-23(20-15)6-10-3-4-11(17)5-13(10)18/h3-5,7-8H,6H2,1-2H3,(H,20,21). The first-order valence-corrected chi connectivity index (χ1v) is 10.4. The smallest absolute Gasteiger partial charge is 0.266 e. The predicted molar refractivity (Wildman–Crippen MR) is 104 cm³/mol. The Kier molecular flexibility index (Phi) is 5.34. The van der Waals surface area contributed by atoms with Crippen molar-refractivity contribution in [3.8, 4) is 0 Å². The van der Waals surface area contributed by atoms with Crippen molar-refractivity contribution < 1.29 is 8.42 Å². The monoisotopic (exact) mass is 477 g/mol. The summed E-state index contributed by atoms with van der Waals surface area (Å²) in [6, 6.07) is 5.17. The number of rotatable bonds is 5. The molecule has 26 heavy (non-hydrogen) atoms. The van der Waals surface area contributed by atoms with Crippen molar-refractivity contribution in [3.05, 3.63) is 56.4 Å². The number of aryl methyl sites for hydroxylation is 2. The number of aromatic nitrogens is 4. The molecule has 0 atom stereocenters. The van der Waals surface area contributed by atoms with Gasteiger partial charge >= 0.3 is 0 Å². The SMILES string of the molecule is Cc1nn(C)cc1S(=O)(=O)Nc1nn(Cc2ccc(Cl)cc2Cl)cc1Br. The number of halogens is 3. The molecule has 0 saturated heterocycles. The van der Waals surface area contributed by atoms with Gasteiger partial charge in [-0.05, 0) is 40.5 Å². The van der Waals surface area contributed by atoms with Crippen LogP contribution >= 0.6 is 39.1 Å². The molecule has 0 aliphatic rings. The van der Waals surface area contributed by atoms with Crippen LogP contribution in [0.2, 0.25) is 10.0 Å². The van der Waals surface area contributed by atoms with E-state index < -0.39 is 10.0 Å². The lowest BCUT2D eigenvalue weighted by atomic mass is 10.2. The van der Waals surface area contributed by atoms with E-state index in [9.17, 15) is 8.42 Å². The lowest BCUT2D eigenvalue weighted by Crippen LogP contribution is -2.14. The lowest BCUT2D eigenvalue weighted by Gasteiger charge is -2.06. The summed E-state index contributed by atoms with van der Waals surface area (Å²) in [4.78, 5) is 0.0993. The molecule has 1 aromatic carbocycles. The van der Waals surface area contributed by atoms with E-state index in [4.69, 9.17) is 23.2 Å². The van der Waals surface area contributed by atoms with E-state index in [0.717, 1.165) is 5.56 Å². The van der Waals surface area contributed by atoms with Crippen LogP contribution in [0.15, 0.2) is 40.0 Å². The Bertz CT molecular complexity index is 1080. The molecule has 0 amide bonds. The Balaban J connectivity index is 1.85. The molecule has 0 bridgehead atoms. The highest BCUT2D eigenvalue weighted by Gasteiger charge is 2.22. The van der Waals surface area contributed by atoms with Crippen molar-refractivity contribution in [2.24, 2.45) is 7.05 Å². The molecule has 0 unspecified atom stereocenters. The van der Waals surface area contributed by atoms with E-state index in [1.807, 2.05) is 0 Å². The van der Waals surface area contributed by atoms with E-state index in [2.05, 4.69) is 30.8 Å². The van der Waals surface area contributed by atoms with Gasteiger partial charge in [0.15, 0.2) is 5.82 Å². The third-order valence-electron chi connectivity index (χ3n) is 3.55. The molecular weight excluding hydrogens is 465 g/mol. The van der Waals surface area contributed by atoms with Gasteiger partial charge < -0.3 is 0 Å². The van der Waals surface area contributed by atoms with Crippen molar-refractivity contribution in [3.63, 3.8) is 0 Å². The summed E-state index contributed by atoms with van der Waals surface area (Å²) in [6.45, 7) is 1.99. The van der Waals surface area contributed by atoms with Crippen molar-refractivity contribution in [2.45, 2.75) is 18.4 Å². The first-order valence-electron chi connectivity index (χ1n) is 7.35. The number of hydrogen-bond donors (Lipinski definition) is 1. The molecule has 0 radical (unpaired) electrons. The summed E-state index contributed by atoms with van der Waals surface area (Å²) in [5, 5.41) is 9.38. The Labute approximate surface area is 169 Å². The highest BCUT2D eigenvalue weighted by atomic mass is 79.9. The van der Waals surface area contributed by atoms with Crippen molar-refractivity contribution in [1.82, 2.24) is 19.6 Å². The normalized spacial score (nSPS) is 11.7. The molecular formula is C15H14BrCl2N5O2S. The fourth-order valence-corrected chi connectivity index (χ4v) is 4.65. The minimum absolute atomic E-state index is 0.0993. The third-order valence-corrected chi connectivity index (χ3v) is 6.16. The molecule has 0 spiro atoms. The number of benzene rings is 1. The van der Waals surface area contributed by atoms with Crippen LogP contribution in [-0.2, 0) is 23.6 Å². The van der Waals surface area contributed by atoms with Gasteiger partial charge in [0.2, 0.25) is 0 Å². The third kappa shape index (κ3) is 4.06. The molecule has 3 aromatic rings. The number of hydrogen-bond acceptors (Lipinski definition) is 4. The van der Waals surface area contributed by atoms with Crippen molar-refractivity contribution in [2.75, 3.05) is 4.72 Å². The second-order valence-electron chi connectivity index (χ2n) is 5.62. The largest absolute Gasteiger partial charge is 0.274 e. The quantitative estimate of drug-likeness (QED) is 0.603. The second kappa shape index (κ2) is 7.22. The van der Waals surface area contributed by atoms with Crippen LogP contribution in [0.4, 0.5) is 5.82 Å². The maximum Gasteiger partial charge on any atom is 0.266 e. The maximum absolute atomic E-state index is 12.6. The molecule has 11 heteroatoms. The zero-order valence-electron chi connectivity index (χ0n) is 13.7. The maximum atomic E-state index is 12.6. The average Bonchev–Trinajstić information content (AvgIpc) is 3.04. The summed E-state index contributed by atoms with van der Waals surface area (Å²) in [5.41, 5.74) is 1.21. The van der Waals surface area contributed by atoms with Gasteiger partial charge in [0, 0.05) is 29.5 Å². The van der Waals surface area contributed by atoms with Gasteiger partial charge in [0.05, 0.1) is 16.7 Å². The summed E-state index contributed by atoms with van der Waals surface area (Å²) < 4.78 is 31.2. The first kappa shape index (κ1) is 19.2. The molecule has 2 heterocycles. The molecule has 0 aliphatic carbocycles. The first-order chi connectivity index (χ1) is 12.2. The van der Waals surface area contributed by atoms with Crippen LogP contribution in [0.1, 0.15) is 11.3 Å². The second-order valence-corrected chi connectivity index (χ2v) is 8.97. The minimum Gasteiger partial charge on any atom is -0.274 e. The van der Waals surface area contributed by atoms with Gasteiger partial charge in [-0.3, -0.25) is 14.1 Å². The highest BCUT2D eigenvalue weighted by molar-refractivity contribution is 9.10. The highest BCUT2D eigenvalue weighted by Crippen LogP contribution is 2.26. The van der Waals surface area contributed by atoms with Gasteiger partial charge in [-0.25, -0.2) is 8.42 Å². The van der Waals surface area contributed by atoms with Gasteiger partial charge in [-0.1, -0.05) is 29.3 Å². The molecule has 0 fully saturated rings. The predicted octanol–water partition coefficient (Wildman–Crippen LogP) is 3.84. The van der Waals surface area contributed by atoms with E-state index in [0.29, 0.717) is 26.8 Å². The lowest BCUT2D eigenvalue weighted by molar-refractivity contribution is 0.600. The van der Waals surface area contributed by atoms with E-state index in [1.54, 1.807) is 43.0 Å². The van der Waals surface area contributed by atoms with Crippen LogP contribution in [-0.4, -0.2) is 28.0 Å². The van der Waals surface area contributed by atoms with Crippen LogP contribution in [0.5, 0.6) is 0 Å². The van der Waals surface area contributed by atoms with Gasteiger partial charge in [-0.15, -0.1) is 0 Å². The molecule has 0 saturated carbocycles. The topological polar surface area (TPSA) is 81.8 Å². The minimum atomic E-state index is -3.80. The molecule has 2 aromatic heterocycles. The Hall–Kier alpha value is -1.55. The number of sulfonamides is 1. The molecule has 138 valence electrons. The number of anilines is 1. The van der Waals surface area contributed by atoms with Crippen LogP contribution in [0.3, 0.4) is 0 Å². The number of nitrogens with zero attached hydrogens (tertiary/aromatic N) is 4. The van der Waals surface area contributed by atoms with E-state index in [-0.39, 0.29) is 10.7 Å². The Morgan fingerprint density at radius 3 is 2.58 bits per heavy atom. The fourth-order valence-electron chi connectivity index (χ4n) is 2.40. The summed E-state index contributed by atoms with van der Waals surface area (Å²) in [5.74, 6) is 0.179. The fraction of sp³-hybridized carbons (Fsp3) is 0.200. The Morgan fingerprint density at radius 2 is 1.96 bits per heavy atom. The number of nitrogens with one attached hydrogen (secondary N) is 1. The van der Waals surface area contributed by atoms with Crippen molar-refractivity contribution >= 4 is 55.0 Å². The van der Waals surface area contributed by atoms with E-state index in [1.165, 1.54) is 10.9 Å².